The van der Waals surface area contributed by atoms with Crippen LogP contribution in [0.2, 0.25) is 0 Å². The Morgan fingerprint density at radius 3 is 2.40 bits per heavy atom. The largest absolute Gasteiger partial charge is 0.442 e. The van der Waals surface area contributed by atoms with Crippen LogP contribution >= 0.6 is 0 Å². The summed E-state index contributed by atoms with van der Waals surface area (Å²) in [5.74, 6) is 12.6. The lowest BCUT2D eigenvalue weighted by Gasteiger charge is -2.24. The van der Waals surface area contributed by atoms with Crippen molar-refractivity contribution in [1.29, 1.82) is 0 Å². The summed E-state index contributed by atoms with van der Waals surface area (Å²) in [6.07, 6.45) is 1.84. The zero-order valence-corrected chi connectivity index (χ0v) is 12.1. The lowest BCUT2D eigenvalue weighted by atomic mass is 10.2. The number of carbonyl (C=O) groups excluding carboxylic acids is 1. The summed E-state index contributed by atoms with van der Waals surface area (Å²) in [4.78, 5) is 11.8. The van der Waals surface area contributed by atoms with E-state index in [4.69, 9.17) is 10.6 Å². The van der Waals surface area contributed by atoms with E-state index in [1.54, 1.807) is 32.9 Å². The van der Waals surface area contributed by atoms with Gasteiger partial charge < -0.3 is 4.74 Å². The molecule has 0 saturated heterocycles. The minimum atomic E-state index is -0.575. The average molecular weight is 272 g/mol. The van der Waals surface area contributed by atoms with Gasteiger partial charge in [-0.1, -0.05) is 11.8 Å². The highest BCUT2D eigenvalue weighted by atomic mass is 16.6. The van der Waals surface area contributed by atoms with E-state index < -0.39 is 11.7 Å². The number of anilines is 1. The van der Waals surface area contributed by atoms with Gasteiger partial charge in [-0.05, 0) is 57.9 Å². The van der Waals surface area contributed by atoms with E-state index in [1.165, 1.54) is 12.8 Å². The van der Waals surface area contributed by atoms with Crippen LogP contribution in [0, 0.1) is 17.8 Å². The standard InChI is InChI=1S/C16H20N2O2/c1-16(2,3)20-15(19)18(17)14-10-8-13(9-11-14)7-6-12-4-5-12/h8-12H,4-5,17H2,1-3H3. The quantitative estimate of drug-likeness (QED) is 0.370. The molecule has 1 aliphatic carbocycles. The van der Waals surface area contributed by atoms with Gasteiger partial charge in [0.15, 0.2) is 0 Å². The Morgan fingerprint density at radius 1 is 1.30 bits per heavy atom. The van der Waals surface area contributed by atoms with Gasteiger partial charge in [0.2, 0.25) is 0 Å². The lowest BCUT2D eigenvalue weighted by Crippen LogP contribution is -2.41. The third kappa shape index (κ3) is 4.29. The minimum Gasteiger partial charge on any atom is -0.442 e. The number of benzene rings is 1. The maximum Gasteiger partial charge on any atom is 0.429 e. The summed E-state index contributed by atoms with van der Waals surface area (Å²) in [7, 11) is 0. The highest BCUT2D eigenvalue weighted by molar-refractivity contribution is 5.86. The monoisotopic (exact) mass is 272 g/mol. The number of nitrogens with zero attached hydrogens (tertiary/aromatic N) is 1. The summed E-state index contributed by atoms with van der Waals surface area (Å²) in [5, 5.41) is 1.00. The topological polar surface area (TPSA) is 55.6 Å². The Bertz CT molecular complexity index is 543. The van der Waals surface area contributed by atoms with Gasteiger partial charge >= 0.3 is 6.09 Å². The SMILES string of the molecule is CC(C)(C)OC(=O)N(N)c1ccc(C#CC2CC2)cc1. The molecule has 1 fully saturated rings. The van der Waals surface area contributed by atoms with Crippen LogP contribution in [-0.2, 0) is 4.74 Å². The Labute approximate surface area is 119 Å². The predicted molar refractivity (Wildman–Crippen MR) is 78.9 cm³/mol. The van der Waals surface area contributed by atoms with Crippen molar-refractivity contribution in [2.24, 2.45) is 11.8 Å². The van der Waals surface area contributed by atoms with Crippen LogP contribution in [0.1, 0.15) is 39.2 Å². The summed E-state index contributed by atoms with van der Waals surface area (Å²) < 4.78 is 5.21. The van der Waals surface area contributed by atoms with Crippen molar-refractivity contribution in [3.05, 3.63) is 29.8 Å². The molecule has 4 nitrogen and oxygen atoms in total. The van der Waals surface area contributed by atoms with Gasteiger partial charge in [-0.3, -0.25) is 0 Å². The van der Waals surface area contributed by atoms with Gasteiger partial charge in [0.05, 0.1) is 5.69 Å². The van der Waals surface area contributed by atoms with E-state index >= 15 is 0 Å². The number of hydrogen-bond donors (Lipinski definition) is 1. The second-order valence-corrected chi connectivity index (χ2v) is 5.94. The van der Waals surface area contributed by atoms with Crippen LogP contribution in [0.25, 0.3) is 0 Å². The smallest absolute Gasteiger partial charge is 0.429 e. The number of hydrogen-bond acceptors (Lipinski definition) is 3. The van der Waals surface area contributed by atoms with E-state index in [1.807, 2.05) is 12.1 Å². The van der Waals surface area contributed by atoms with Crippen molar-refractivity contribution in [3.8, 4) is 11.8 Å². The highest BCUT2D eigenvalue weighted by Crippen LogP contribution is 2.27. The Balaban J connectivity index is 2.01. The maximum atomic E-state index is 11.8. The molecule has 2 rings (SSSR count). The van der Waals surface area contributed by atoms with E-state index in [9.17, 15) is 4.79 Å². The molecule has 1 aromatic rings. The van der Waals surface area contributed by atoms with Crippen molar-refractivity contribution in [3.63, 3.8) is 0 Å². The molecule has 0 spiro atoms. The van der Waals surface area contributed by atoms with Crippen molar-refractivity contribution in [2.45, 2.75) is 39.2 Å². The van der Waals surface area contributed by atoms with Crippen LogP contribution in [0.5, 0.6) is 0 Å². The van der Waals surface area contributed by atoms with E-state index in [0.717, 1.165) is 10.6 Å². The minimum absolute atomic E-state index is 0.565. The molecule has 0 radical (unpaired) electrons. The molecule has 0 aromatic heterocycles. The molecule has 1 aromatic carbocycles. The first-order valence-corrected chi connectivity index (χ1v) is 6.74. The molecule has 1 amide bonds. The third-order valence-corrected chi connectivity index (χ3v) is 2.73. The number of carbonyl (C=O) groups is 1. The van der Waals surface area contributed by atoms with Crippen molar-refractivity contribution in [1.82, 2.24) is 0 Å². The van der Waals surface area contributed by atoms with Crippen LogP contribution in [-0.4, -0.2) is 11.7 Å². The molecule has 4 heteroatoms. The first kappa shape index (κ1) is 14.4. The fraction of sp³-hybridized carbons (Fsp3) is 0.438. The molecule has 2 N–H and O–H groups in total. The number of nitrogens with two attached hydrogens (primary N) is 1. The summed E-state index contributed by atoms with van der Waals surface area (Å²) in [6, 6.07) is 7.24. The van der Waals surface area contributed by atoms with E-state index in [0.29, 0.717) is 11.6 Å². The molecule has 1 saturated carbocycles. The second kappa shape index (κ2) is 5.56. The Kier molecular flexibility index (Phi) is 4.01. The van der Waals surface area contributed by atoms with Gasteiger partial charge in [0.25, 0.3) is 0 Å². The van der Waals surface area contributed by atoms with Crippen LogP contribution < -0.4 is 10.9 Å². The van der Waals surface area contributed by atoms with Gasteiger partial charge in [-0.25, -0.2) is 15.6 Å². The molecule has 1 aliphatic rings. The van der Waals surface area contributed by atoms with Gasteiger partial charge in [-0.2, -0.15) is 0 Å². The van der Waals surface area contributed by atoms with Crippen molar-refractivity contribution >= 4 is 11.8 Å². The highest BCUT2D eigenvalue weighted by Gasteiger charge is 2.21. The molecule has 0 atom stereocenters. The third-order valence-electron chi connectivity index (χ3n) is 2.73. The first-order valence-electron chi connectivity index (χ1n) is 6.74. The van der Waals surface area contributed by atoms with Crippen LogP contribution in [0.3, 0.4) is 0 Å². The fourth-order valence-electron chi connectivity index (χ4n) is 1.53. The Morgan fingerprint density at radius 2 is 1.90 bits per heavy atom. The van der Waals surface area contributed by atoms with Gasteiger partial charge in [0, 0.05) is 11.5 Å². The van der Waals surface area contributed by atoms with E-state index in [2.05, 4.69) is 11.8 Å². The zero-order chi connectivity index (χ0) is 14.8. The number of amides is 1. The molecule has 0 aliphatic heterocycles. The molecule has 20 heavy (non-hydrogen) atoms. The van der Waals surface area contributed by atoms with E-state index in [-0.39, 0.29) is 0 Å². The molecule has 0 heterocycles. The molecular weight excluding hydrogens is 252 g/mol. The number of ether oxygens (including phenoxy) is 1. The van der Waals surface area contributed by atoms with Gasteiger partial charge in [-0.15, -0.1) is 0 Å². The lowest BCUT2D eigenvalue weighted by molar-refractivity contribution is 0.0580. The molecular formula is C16H20N2O2. The summed E-state index contributed by atoms with van der Waals surface area (Å²) >= 11 is 0. The Hall–Kier alpha value is -1.99. The second-order valence-electron chi connectivity index (χ2n) is 5.94. The normalized spacial score (nSPS) is 14.2. The number of rotatable bonds is 1. The summed E-state index contributed by atoms with van der Waals surface area (Å²) in [5.41, 5.74) is 0.944. The van der Waals surface area contributed by atoms with Crippen LogP contribution in [0.15, 0.2) is 24.3 Å². The molecule has 0 bridgehead atoms. The predicted octanol–water partition coefficient (Wildman–Crippen LogP) is 3.06. The first-order chi connectivity index (χ1) is 9.35. The van der Waals surface area contributed by atoms with Crippen molar-refractivity contribution in [2.75, 3.05) is 5.01 Å². The molecule has 0 unspecified atom stereocenters. The van der Waals surface area contributed by atoms with Crippen molar-refractivity contribution < 1.29 is 9.53 Å². The number of hydrazine groups is 1. The maximum absolute atomic E-state index is 11.8. The van der Waals surface area contributed by atoms with Crippen LogP contribution in [0.4, 0.5) is 10.5 Å². The fourth-order valence-corrected chi connectivity index (χ4v) is 1.53. The molecule has 106 valence electrons. The summed E-state index contributed by atoms with van der Waals surface area (Å²) in [6.45, 7) is 5.40. The average Bonchev–Trinajstić information content (AvgIpc) is 3.18. The van der Waals surface area contributed by atoms with Gasteiger partial charge in [0.1, 0.15) is 5.60 Å². The zero-order valence-electron chi connectivity index (χ0n) is 12.1.